The van der Waals surface area contributed by atoms with E-state index in [9.17, 15) is 4.79 Å². The largest absolute Gasteiger partial charge is 0.351 e. The maximum absolute atomic E-state index is 12.2. The van der Waals surface area contributed by atoms with Gasteiger partial charge in [0.25, 0.3) is 0 Å². The number of aryl methyl sites for hydroxylation is 1. The third-order valence-corrected chi connectivity index (χ3v) is 6.50. The first kappa shape index (κ1) is 18.8. The van der Waals surface area contributed by atoms with Crippen LogP contribution in [0.1, 0.15) is 12.1 Å². The normalized spacial score (nSPS) is 16.3. The summed E-state index contributed by atoms with van der Waals surface area (Å²) < 4.78 is 0.932. The van der Waals surface area contributed by atoms with Crippen LogP contribution in [0.4, 0.5) is 5.95 Å². The topological polar surface area (TPSA) is 83.9 Å². The fourth-order valence-electron chi connectivity index (χ4n) is 3.03. The van der Waals surface area contributed by atoms with Gasteiger partial charge in [0, 0.05) is 54.4 Å². The molecule has 3 aromatic rings. The number of pyridine rings is 1. The van der Waals surface area contributed by atoms with E-state index in [0.717, 1.165) is 34.3 Å². The minimum Gasteiger partial charge on any atom is -0.351 e. The Bertz CT molecular complexity index is 948. The summed E-state index contributed by atoms with van der Waals surface area (Å²) in [7, 11) is 0. The third kappa shape index (κ3) is 4.66. The van der Waals surface area contributed by atoms with Crippen LogP contribution in [0.25, 0.3) is 11.3 Å². The maximum Gasteiger partial charge on any atom is 0.230 e. The van der Waals surface area contributed by atoms with Gasteiger partial charge in [-0.2, -0.15) is 0 Å². The molecule has 7 nitrogen and oxygen atoms in total. The summed E-state index contributed by atoms with van der Waals surface area (Å²) >= 11 is 3.05. The van der Waals surface area contributed by atoms with Gasteiger partial charge >= 0.3 is 0 Å². The molecule has 0 radical (unpaired) electrons. The molecule has 0 aliphatic carbocycles. The van der Waals surface area contributed by atoms with Crippen molar-refractivity contribution in [3.05, 3.63) is 47.9 Å². The number of aromatic nitrogens is 4. The van der Waals surface area contributed by atoms with Crippen LogP contribution in [0.5, 0.6) is 0 Å². The van der Waals surface area contributed by atoms with Gasteiger partial charge in [0.2, 0.25) is 11.9 Å². The van der Waals surface area contributed by atoms with Gasteiger partial charge < -0.3 is 10.2 Å². The van der Waals surface area contributed by atoms with E-state index in [-0.39, 0.29) is 11.9 Å². The smallest absolute Gasteiger partial charge is 0.230 e. The standard InChI is InChI=1S/C19H20N6OS2/c1-13-11-27-19(22-13)28-12-17(26)23-15-5-8-25(10-15)18-21-7-4-16(24-18)14-3-2-6-20-9-14/h2-4,6-7,9,11,15H,5,8,10,12H2,1H3,(H,23,26). The molecule has 4 rings (SSSR count). The number of carbonyl (C=O) groups is 1. The summed E-state index contributed by atoms with van der Waals surface area (Å²) in [5, 5.41) is 5.11. The van der Waals surface area contributed by atoms with Crippen molar-refractivity contribution in [3.8, 4) is 11.3 Å². The zero-order chi connectivity index (χ0) is 19.3. The zero-order valence-electron chi connectivity index (χ0n) is 15.4. The van der Waals surface area contributed by atoms with Crippen LogP contribution in [0, 0.1) is 6.92 Å². The van der Waals surface area contributed by atoms with Crippen molar-refractivity contribution in [1.29, 1.82) is 0 Å². The average molecular weight is 413 g/mol. The molecule has 1 aliphatic rings. The van der Waals surface area contributed by atoms with Crippen LogP contribution in [0.15, 0.2) is 46.5 Å². The van der Waals surface area contributed by atoms with Crippen LogP contribution >= 0.6 is 23.1 Å². The van der Waals surface area contributed by atoms with Crippen molar-refractivity contribution < 1.29 is 4.79 Å². The number of nitrogens with one attached hydrogen (secondary N) is 1. The number of rotatable bonds is 6. The van der Waals surface area contributed by atoms with Crippen molar-refractivity contribution in [3.63, 3.8) is 0 Å². The highest BCUT2D eigenvalue weighted by Gasteiger charge is 2.26. The lowest BCUT2D eigenvalue weighted by Crippen LogP contribution is -2.38. The van der Waals surface area contributed by atoms with Gasteiger partial charge in [-0.3, -0.25) is 9.78 Å². The van der Waals surface area contributed by atoms with E-state index < -0.39 is 0 Å². The Kier molecular flexibility index (Phi) is 5.82. The number of thiazole rings is 1. The highest BCUT2D eigenvalue weighted by molar-refractivity contribution is 8.01. The van der Waals surface area contributed by atoms with Gasteiger partial charge in [-0.05, 0) is 31.5 Å². The highest BCUT2D eigenvalue weighted by atomic mass is 32.2. The Labute approximate surface area is 171 Å². The van der Waals surface area contributed by atoms with E-state index in [0.29, 0.717) is 18.2 Å². The number of amides is 1. The monoisotopic (exact) mass is 412 g/mol. The van der Waals surface area contributed by atoms with E-state index in [1.54, 1.807) is 29.9 Å². The van der Waals surface area contributed by atoms with E-state index in [1.165, 1.54) is 11.8 Å². The van der Waals surface area contributed by atoms with Gasteiger partial charge in [0.15, 0.2) is 4.34 Å². The molecule has 0 spiro atoms. The van der Waals surface area contributed by atoms with Gasteiger partial charge in [-0.15, -0.1) is 11.3 Å². The minimum absolute atomic E-state index is 0.0368. The number of hydrogen-bond acceptors (Lipinski definition) is 8. The quantitative estimate of drug-likeness (QED) is 0.623. The van der Waals surface area contributed by atoms with Gasteiger partial charge in [-0.1, -0.05) is 11.8 Å². The molecule has 1 N–H and O–H groups in total. The second-order valence-electron chi connectivity index (χ2n) is 6.53. The summed E-state index contributed by atoms with van der Waals surface area (Å²) in [6, 6.07) is 5.86. The number of hydrogen-bond donors (Lipinski definition) is 1. The van der Waals surface area contributed by atoms with Crippen LogP contribution in [0.2, 0.25) is 0 Å². The summed E-state index contributed by atoms with van der Waals surface area (Å²) in [4.78, 5) is 32.0. The first-order valence-corrected chi connectivity index (χ1v) is 10.9. The van der Waals surface area contributed by atoms with E-state index in [2.05, 4.69) is 30.2 Å². The van der Waals surface area contributed by atoms with Crippen LogP contribution in [-0.2, 0) is 4.79 Å². The summed E-state index contributed by atoms with van der Waals surface area (Å²) in [5.41, 5.74) is 2.80. The Morgan fingerprint density at radius 1 is 1.36 bits per heavy atom. The Hall–Kier alpha value is -2.52. The number of thioether (sulfide) groups is 1. The number of anilines is 1. The first-order chi connectivity index (χ1) is 13.7. The molecule has 1 aliphatic heterocycles. The molecule has 1 fully saturated rings. The average Bonchev–Trinajstić information content (AvgIpc) is 3.36. The van der Waals surface area contributed by atoms with Crippen molar-refractivity contribution in [2.75, 3.05) is 23.7 Å². The fourth-order valence-corrected chi connectivity index (χ4v) is 4.69. The Balaban J connectivity index is 1.32. The molecular formula is C19H20N6OS2. The summed E-state index contributed by atoms with van der Waals surface area (Å²) in [6.07, 6.45) is 6.19. The van der Waals surface area contributed by atoms with Crippen LogP contribution in [-0.4, -0.2) is 50.7 Å². The molecule has 0 aromatic carbocycles. The third-order valence-electron chi connectivity index (χ3n) is 4.36. The SMILES string of the molecule is Cc1csc(SCC(=O)NC2CCN(c3nccc(-c4cccnc4)n3)C2)n1. The first-order valence-electron chi connectivity index (χ1n) is 9.00. The van der Waals surface area contributed by atoms with E-state index in [4.69, 9.17) is 0 Å². The van der Waals surface area contributed by atoms with Crippen molar-refractivity contribution >= 4 is 35.0 Å². The van der Waals surface area contributed by atoms with Gasteiger partial charge in [0.1, 0.15) is 0 Å². The molecule has 1 unspecified atom stereocenters. The van der Waals surface area contributed by atoms with Gasteiger partial charge in [-0.25, -0.2) is 15.0 Å². The molecule has 1 amide bonds. The highest BCUT2D eigenvalue weighted by Crippen LogP contribution is 2.23. The Morgan fingerprint density at radius 3 is 3.07 bits per heavy atom. The zero-order valence-corrected chi connectivity index (χ0v) is 17.0. The second kappa shape index (κ2) is 8.66. The predicted molar refractivity (Wildman–Crippen MR) is 112 cm³/mol. The molecule has 28 heavy (non-hydrogen) atoms. The number of nitrogens with zero attached hydrogens (tertiary/aromatic N) is 5. The molecule has 144 valence electrons. The summed E-state index contributed by atoms with van der Waals surface area (Å²) in [5.74, 6) is 1.11. The lowest BCUT2D eigenvalue weighted by molar-refractivity contribution is -0.119. The van der Waals surface area contributed by atoms with E-state index in [1.807, 2.05) is 30.5 Å². The van der Waals surface area contributed by atoms with E-state index >= 15 is 0 Å². The molecule has 3 aromatic heterocycles. The number of carbonyl (C=O) groups excluding carboxylic acids is 1. The molecule has 4 heterocycles. The molecule has 9 heteroatoms. The predicted octanol–water partition coefficient (Wildman–Crippen LogP) is 2.79. The molecule has 0 saturated carbocycles. The van der Waals surface area contributed by atoms with Crippen molar-refractivity contribution in [2.45, 2.75) is 23.7 Å². The minimum atomic E-state index is 0.0368. The lowest BCUT2D eigenvalue weighted by Gasteiger charge is -2.17. The molecule has 1 saturated heterocycles. The molecule has 1 atom stereocenters. The fraction of sp³-hybridized carbons (Fsp3) is 0.316. The van der Waals surface area contributed by atoms with Crippen LogP contribution < -0.4 is 10.2 Å². The molecule has 0 bridgehead atoms. The van der Waals surface area contributed by atoms with Crippen molar-refractivity contribution in [2.24, 2.45) is 0 Å². The Morgan fingerprint density at radius 2 is 2.29 bits per heavy atom. The van der Waals surface area contributed by atoms with Crippen LogP contribution in [0.3, 0.4) is 0 Å². The summed E-state index contributed by atoms with van der Waals surface area (Å²) in [6.45, 7) is 3.49. The maximum atomic E-state index is 12.2. The second-order valence-corrected chi connectivity index (χ2v) is 8.61. The molecular weight excluding hydrogens is 392 g/mol. The lowest BCUT2D eigenvalue weighted by atomic mass is 10.2. The van der Waals surface area contributed by atoms with Crippen molar-refractivity contribution in [1.82, 2.24) is 25.3 Å². The van der Waals surface area contributed by atoms with Gasteiger partial charge in [0.05, 0.1) is 11.4 Å².